The molecule has 0 saturated carbocycles. The van der Waals surface area contributed by atoms with Gasteiger partial charge in [-0.3, -0.25) is 9.59 Å². The van der Waals surface area contributed by atoms with E-state index in [1.165, 1.54) is 11.8 Å². The Balaban J connectivity index is 1.65. The van der Waals surface area contributed by atoms with Crippen molar-refractivity contribution in [2.45, 2.75) is 30.7 Å². The number of carbonyl (C=O) groups excluding carboxylic acids is 2. The third-order valence-electron chi connectivity index (χ3n) is 4.64. The van der Waals surface area contributed by atoms with Gasteiger partial charge in [0.05, 0.1) is 17.4 Å². The average molecular weight is 403 g/mol. The van der Waals surface area contributed by atoms with Gasteiger partial charge in [0, 0.05) is 23.0 Å². The first-order valence-corrected chi connectivity index (χ1v) is 10.5. The smallest absolute Gasteiger partial charge is 0.252 e. The fourth-order valence-corrected chi connectivity index (χ4v) is 4.26. The van der Waals surface area contributed by atoms with Gasteiger partial charge in [-0.25, -0.2) is 0 Å². The van der Waals surface area contributed by atoms with Crippen molar-refractivity contribution in [3.8, 4) is 0 Å². The Morgan fingerprint density at radius 3 is 2.63 bits per heavy atom. The number of rotatable bonds is 6. The van der Waals surface area contributed by atoms with Crippen LogP contribution in [-0.2, 0) is 4.79 Å². The lowest BCUT2D eigenvalue weighted by Crippen LogP contribution is -2.29. The largest absolute Gasteiger partial charge is 0.345 e. The first-order valence-electron chi connectivity index (χ1n) is 9.10. The van der Waals surface area contributed by atoms with Crippen molar-refractivity contribution in [3.05, 3.63) is 64.7 Å². The van der Waals surface area contributed by atoms with Gasteiger partial charge in [-0.1, -0.05) is 35.9 Å². The summed E-state index contributed by atoms with van der Waals surface area (Å²) in [5, 5.41) is 3.66. The summed E-state index contributed by atoms with van der Waals surface area (Å²) in [4.78, 5) is 27.8. The van der Waals surface area contributed by atoms with E-state index in [9.17, 15) is 9.59 Å². The van der Waals surface area contributed by atoms with E-state index in [4.69, 9.17) is 11.6 Å². The molecule has 0 aromatic heterocycles. The van der Waals surface area contributed by atoms with Gasteiger partial charge in [0.25, 0.3) is 5.91 Å². The SMILES string of the molecule is CC(NC(=O)c1ccccc1SCC(=O)N1CCCC1)c1cccc(Cl)c1. The lowest BCUT2D eigenvalue weighted by atomic mass is 10.1. The summed E-state index contributed by atoms with van der Waals surface area (Å²) in [6, 6.07) is 14.7. The Labute approximate surface area is 169 Å². The molecular formula is C21H23ClN2O2S. The Kier molecular flexibility index (Phi) is 6.80. The van der Waals surface area contributed by atoms with Gasteiger partial charge in [-0.05, 0) is 49.6 Å². The summed E-state index contributed by atoms with van der Waals surface area (Å²) in [5.41, 5.74) is 1.54. The normalized spacial score (nSPS) is 14.8. The number of nitrogens with zero attached hydrogens (tertiary/aromatic N) is 1. The summed E-state index contributed by atoms with van der Waals surface area (Å²) in [6.45, 7) is 3.62. The van der Waals surface area contributed by atoms with Crippen LogP contribution in [0.4, 0.5) is 0 Å². The van der Waals surface area contributed by atoms with Crippen molar-refractivity contribution in [3.63, 3.8) is 0 Å². The molecular weight excluding hydrogens is 380 g/mol. The van der Waals surface area contributed by atoms with Crippen LogP contribution >= 0.6 is 23.4 Å². The molecule has 1 heterocycles. The van der Waals surface area contributed by atoms with Crippen LogP contribution in [0.2, 0.25) is 5.02 Å². The molecule has 6 heteroatoms. The molecule has 1 aliphatic heterocycles. The Morgan fingerprint density at radius 2 is 1.89 bits per heavy atom. The summed E-state index contributed by atoms with van der Waals surface area (Å²) >= 11 is 7.46. The van der Waals surface area contributed by atoms with Crippen LogP contribution in [0.3, 0.4) is 0 Å². The van der Waals surface area contributed by atoms with E-state index in [1.54, 1.807) is 6.07 Å². The number of hydrogen-bond acceptors (Lipinski definition) is 3. The first-order chi connectivity index (χ1) is 13.0. The van der Waals surface area contributed by atoms with Gasteiger partial charge in [0.1, 0.15) is 0 Å². The standard InChI is InChI=1S/C21H23ClN2O2S/c1-15(16-7-6-8-17(22)13-16)23-21(26)18-9-2-3-10-19(18)27-14-20(25)24-11-4-5-12-24/h2-3,6-10,13,15H,4-5,11-12,14H2,1H3,(H,23,26). The third kappa shape index (κ3) is 5.27. The summed E-state index contributed by atoms with van der Waals surface area (Å²) in [6.07, 6.45) is 2.16. The molecule has 0 aliphatic carbocycles. The van der Waals surface area contributed by atoms with Crippen molar-refractivity contribution in [2.24, 2.45) is 0 Å². The number of halogens is 1. The molecule has 2 aromatic carbocycles. The maximum absolute atomic E-state index is 12.8. The molecule has 1 unspecified atom stereocenters. The fraction of sp³-hybridized carbons (Fsp3) is 0.333. The molecule has 1 aliphatic rings. The van der Waals surface area contributed by atoms with E-state index >= 15 is 0 Å². The van der Waals surface area contributed by atoms with Crippen molar-refractivity contribution in [1.29, 1.82) is 0 Å². The highest BCUT2D eigenvalue weighted by molar-refractivity contribution is 8.00. The second kappa shape index (κ2) is 9.29. The number of benzene rings is 2. The predicted octanol–water partition coefficient (Wildman–Crippen LogP) is 4.55. The number of likely N-dealkylation sites (tertiary alicyclic amines) is 1. The van der Waals surface area contributed by atoms with Crippen molar-refractivity contribution < 1.29 is 9.59 Å². The van der Waals surface area contributed by atoms with Crippen LogP contribution in [0.15, 0.2) is 53.4 Å². The molecule has 1 N–H and O–H groups in total. The van der Waals surface area contributed by atoms with Gasteiger partial charge in [0.15, 0.2) is 0 Å². The average Bonchev–Trinajstić information content (AvgIpc) is 3.21. The molecule has 2 aromatic rings. The van der Waals surface area contributed by atoms with E-state index < -0.39 is 0 Å². The van der Waals surface area contributed by atoms with E-state index in [-0.39, 0.29) is 17.9 Å². The molecule has 1 atom stereocenters. The summed E-state index contributed by atoms with van der Waals surface area (Å²) < 4.78 is 0. The zero-order valence-electron chi connectivity index (χ0n) is 15.3. The monoisotopic (exact) mass is 402 g/mol. The molecule has 27 heavy (non-hydrogen) atoms. The minimum Gasteiger partial charge on any atom is -0.345 e. The molecule has 142 valence electrons. The van der Waals surface area contributed by atoms with Gasteiger partial charge in [-0.15, -0.1) is 11.8 Å². The van der Waals surface area contributed by atoms with E-state index in [1.807, 2.05) is 54.3 Å². The van der Waals surface area contributed by atoms with E-state index in [0.29, 0.717) is 16.3 Å². The lowest BCUT2D eigenvalue weighted by Gasteiger charge is -2.17. The number of hydrogen-bond donors (Lipinski definition) is 1. The van der Waals surface area contributed by atoms with Gasteiger partial charge >= 0.3 is 0 Å². The van der Waals surface area contributed by atoms with Crippen molar-refractivity contribution >= 4 is 35.2 Å². The Bertz CT molecular complexity index is 821. The van der Waals surface area contributed by atoms with E-state index in [2.05, 4.69) is 5.32 Å². The van der Waals surface area contributed by atoms with E-state index in [0.717, 1.165) is 36.4 Å². The molecule has 1 fully saturated rings. The zero-order valence-corrected chi connectivity index (χ0v) is 16.9. The Morgan fingerprint density at radius 1 is 1.15 bits per heavy atom. The maximum atomic E-state index is 12.8. The van der Waals surface area contributed by atoms with Crippen molar-refractivity contribution in [1.82, 2.24) is 10.2 Å². The number of nitrogens with one attached hydrogen (secondary N) is 1. The third-order valence-corrected chi connectivity index (χ3v) is 5.93. The highest BCUT2D eigenvalue weighted by Crippen LogP contribution is 2.25. The Hall–Kier alpha value is -1.98. The van der Waals surface area contributed by atoms with Crippen LogP contribution in [0.25, 0.3) is 0 Å². The number of carbonyl (C=O) groups is 2. The van der Waals surface area contributed by atoms with Crippen LogP contribution in [0.1, 0.15) is 41.7 Å². The molecule has 0 radical (unpaired) electrons. The highest BCUT2D eigenvalue weighted by atomic mass is 35.5. The quantitative estimate of drug-likeness (QED) is 0.721. The van der Waals surface area contributed by atoms with Crippen LogP contribution in [-0.4, -0.2) is 35.6 Å². The second-order valence-electron chi connectivity index (χ2n) is 6.62. The zero-order chi connectivity index (χ0) is 19.2. The minimum atomic E-state index is -0.166. The van der Waals surface area contributed by atoms with Crippen LogP contribution in [0, 0.1) is 0 Å². The topological polar surface area (TPSA) is 49.4 Å². The van der Waals surface area contributed by atoms with Crippen molar-refractivity contribution in [2.75, 3.05) is 18.8 Å². The molecule has 0 bridgehead atoms. The summed E-state index contributed by atoms with van der Waals surface area (Å²) in [7, 11) is 0. The second-order valence-corrected chi connectivity index (χ2v) is 8.08. The number of thioether (sulfide) groups is 1. The fourth-order valence-electron chi connectivity index (χ4n) is 3.11. The minimum absolute atomic E-state index is 0.139. The van der Waals surface area contributed by atoms with Gasteiger partial charge < -0.3 is 10.2 Å². The summed E-state index contributed by atoms with van der Waals surface area (Å²) in [5.74, 6) is 0.341. The van der Waals surface area contributed by atoms with Gasteiger partial charge in [-0.2, -0.15) is 0 Å². The number of amides is 2. The van der Waals surface area contributed by atoms with Crippen LogP contribution < -0.4 is 5.32 Å². The van der Waals surface area contributed by atoms with Gasteiger partial charge in [0.2, 0.25) is 5.91 Å². The molecule has 0 spiro atoms. The first kappa shape index (κ1) is 19.8. The highest BCUT2D eigenvalue weighted by Gasteiger charge is 2.20. The molecule has 1 saturated heterocycles. The molecule has 4 nitrogen and oxygen atoms in total. The molecule has 2 amide bonds. The van der Waals surface area contributed by atoms with Crippen LogP contribution in [0.5, 0.6) is 0 Å². The predicted molar refractivity (Wildman–Crippen MR) is 110 cm³/mol. The maximum Gasteiger partial charge on any atom is 0.252 e. The lowest BCUT2D eigenvalue weighted by molar-refractivity contribution is -0.127. The molecule has 3 rings (SSSR count).